The van der Waals surface area contributed by atoms with Gasteiger partial charge in [0.1, 0.15) is 17.9 Å². The summed E-state index contributed by atoms with van der Waals surface area (Å²) in [5.74, 6) is 2.33. The fraction of sp³-hybridized carbons (Fsp3) is 0.360. The first-order valence-corrected chi connectivity index (χ1v) is 11.0. The number of ether oxygens (including phenoxy) is 1. The van der Waals surface area contributed by atoms with Gasteiger partial charge < -0.3 is 15.0 Å². The summed E-state index contributed by atoms with van der Waals surface area (Å²) in [7, 11) is 2.17. The van der Waals surface area contributed by atoms with Gasteiger partial charge in [-0.1, -0.05) is 25.1 Å². The molecular formula is C25H27N5O. The first kappa shape index (κ1) is 18.8. The summed E-state index contributed by atoms with van der Waals surface area (Å²) in [4.78, 5) is 12.1. The predicted octanol–water partition coefficient (Wildman–Crippen LogP) is 3.59. The molecule has 2 aromatic heterocycles. The van der Waals surface area contributed by atoms with Crippen LogP contribution in [0.3, 0.4) is 0 Å². The van der Waals surface area contributed by atoms with Crippen molar-refractivity contribution in [3.8, 4) is 11.6 Å². The number of imidazole rings is 1. The Morgan fingerprint density at radius 3 is 2.77 bits per heavy atom. The largest absolute Gasteiger partial charge is 0.493 e. The number of hydrogen-bond acceptors (Lipinski definition) is 5. The number of fused-ring (bicyclic) bond motifs is 2. The Labute approximate surface area is 181 Å². The molecule has 1 N–H and O–H groups in total. The Hall–Kier alpha value is -2.96. The molecule has 6 nitrogen and oxygen atoms in total. The van der Waals surface area contributed by atoms with E-state index in [4.69, 9.17) is 9.72 Å². The molecule has 0 amide bonds. The highest BCUT2D eigenvalue weighted by atomic mass is 16.5. The lowest BCUT2D eigenvalue weighted by Crippen LogP contribution is -2.54. The first-order chi connectivity index (χ1) is 15.1. The average Bonchev–Trinajstić information content (AvgIpc) is 3.17. The molecule has 2 aliphatic heterocycles. The van der Waals surface area contributed by atoms with Crippen LogP contribution in [-0.4, -0.2) is 59.3 Å². The normalized spacial score (nSPS) is 18.8. The van der Waals surface area contributed by atoms with Crippen LogP contribution in [-0.2, 0) is 0 Å². The molecule has 0 radical (unpaired) electrons. The molecule has 0 bridgehead atoms. The number of para-hydroxylation sites is 1. The van der Waals surface area contributed by atoms with Crippen LogP contribution in [0.4, 0.5) is 0 Å². The molecular weight excluding hydrogens is 386 g/mol. The van der Waals surface area contributed by atoms with Gasteiger partial charge in [0, 0.05) is 49.0 Å². The molecule has 0 atom stereocenters. The van der Waals surface area contributed by atoms with E-state index in [-0.39, 0.29) is 5.41 Å². The van der Waals surface area contributed by atoms with Gasteiger partial charge in [-0.05, 0) is 36.9 Å². The van der Waals surface area contributed by atoms with Crippen molar-refractivity contribution in [1.82, 2.24) is 24.8 Å². The highest BCUT2D eigenvalue weighted by Crippen LogP contribution is 2.32. The second kappa shape index (κ2) is 7.04. The summed E-state index contributed by atoms with van der Waals surface area (Å²) in [6, 6.07) is 16.9. The van der Waals surface area contributed by atoms with Gasteiger partial charge in [-0.2, -0.15) is 0 Å². The van der Waals surface area contributed by atoms with Crippen LogP contribution in [0.15, 0.2) is 54.9 Å². The Morgan fingerprint density at radius 2 is 2.00 bits per heavy atom. The van der Waals surface area contributed by atoms with Gasteiger partial charge in [0.05, 0.1) is 23.2 Å². The molecule has 6 heteroatoms. The van der Waals surface area contributed by atoms with Crippen LogP contribution in [0.5, 0.6) is 5.75 Å². The number of nitrogens with one attached hydrogen (secondary N) is 1. The van der Waals surface area contributed by atoms with E-state index in [9.17, 15) is 0 Å². The standard InChI is InChI=1S/C25H27N5O/c1-25(13-26-14-25)15-31-19-7-8-22-21(10-19)27-16-30(22)23-9-6-17-4-3-5-20(24(17)28-23)18-11-29(2)12-18/h3-10,16,18,26H,11-15H2,1-2H3. The molecule has 4 aromatic rings. The van der Waals surface area contributed by atoms with Gasteiger partial charge >= 0.3 is 0 Å². The van der Waals surface area contributed by atoms with Crippen molar-refractivity contribution in [3.05, 3.63) is 60.4 Å². The van der Waals surface area contributed by atoms with E-state index in [1.165, 1.54) is 10.9 Å². The van der Waals surface area contributed by atoms with E-state index in [0.717, 1.165) is 60.9 Å². The third kappa shape index (κ3) is 3.27. The number of pyridine rings is 1. The van der Waals surface area contributed by atoms with Gasteiger partial charge in [0.25, 0.3) is 0 Å². The maximum absolute atomic E-state index is 6.05. The van der Waals surface area contributed by atoms with Crippen molar-refractivity contribution < 1.29 is 4.74 Å². The van der Waals surface area contributed by atoms with Gasteiger partial charge in [-0.15, -0.1) is 0 Å². The number of nitrogens with zero attached hydrogens (tertiary/aromatic N) is 4. The Bertz CT molecular complexity index is 1270. The molecule has 0 spiro atoms. The van der Waals surface area contributed by atoms with Crippen LogP contribution in [0, 0.1) is 5.41 Å². The van der Waals surface area contributed by atoms with E-state index >= 15 is 0 Å². The molecule has 2 aliphatic rings. The molecule has 6 rings (SSSR count). The molecule has 2 aromatic carbocycles. The Balaban J connectivity index is 1.33. The van der Waals surface area contributed by atoms with Crippen LogP contribution >= 0.6 is 0 Å². The summed E-state index contributed by atoms with van der Waals surface area (Å²) in [5.41, 5.74) is 4.64. The highest BCUT2D eigenvalue weighted by Gasteiger charge is 2.32. The van der Waals surface area contributed by atoms with Gasteiger partial charge in [0.15, 0.2) is 0 Å². The SMILES string of the molecule is CN1CC(c2cccc3ccc(-n4cnc5cc(OCC6(C)CNC6)ccc54)nc23)C1. The molecule has 0 unspecified atom stereocenters. The zero-order valence-electron chi connectivity index (χ0n) is 18.0. The summed E-state index contributed by atoms with van der Waals surface area (Å²) in [5, 5.41) is 4.51. The summed E-state index contributed by atoms with van der Waals surface area (Å²) in [6.45, 7) is 7.18. The van der Waals surface area contributed by atoms with Crippen LogP contribution in [0.2, 0.25) is 0 Å². The number of likely N-dealkylation sites (tertiary alicyclic amines) is 1. The molecule has 2 fully saturated rings. The number of benzene rings is 2. The van der Waals surface area contributed by atoms with Crippen molar-refractivity contribution in [1.29, 1.82) is 0 Å². The molecule has 0 aliphatic carbocycles. The number of rotatable bonds is 5. The van der Waals surface area contributed by atoms with Crippen molar-refractivity contribution in [2.24, 2.45) is 5.41 Å². The fourth-order valence-corrected chi connectivity index (χ4v) is 4.70. The third-order valence-corrected chi connectivity index (χ3v) is 6.70. The topological polar surface area (TPSA) is 55.2 Å². The van der Waals surface area contributed by atoms with E-state index in [0.29, 0.717) is 5.92 Å². The quantitative estimate of drug-likeness (QED) is 0.542. The lowest BCUT2D eigenvalue weighted by molar-refractivity contribution is 0.102. The highest BCUT2D eigenvalue weighted by molar-refractivity contribution is 5.84. The molecule has 2 saturated heterocycles. The summed E-state index contributed by atoms with van der Waals surface area (Å²) in [6.07, 6.45) is 1.86. The van der Waals surface area contributed by atoms with Crippen LogP contribution in [0.1, 0.15) is 18.4 Å². The van der Waals surface area contributed by atoms with Gasteiger partial charge in [-0.3, -0.25) is 4.57 Å². The van der Waals surface area contributed by atoms with E-state index < -0.39 is 0 Å². The third-order valence-electron chi connectivity index (χ3n) is 6.70. The van der Waals surface area contributed by atoms with E-state index in [2.05, 4.69) is 70.1 Å². The second-order valence-electron chi connectivity index (χ2n) is 9.47. The number of aromatic nitrogens is 3. The fourth-order valence-electron chi connectivity index (χ4n) is 4.70. The van der Waals surface area contributed by atoms with Crippen molar-refractivity contribution >= 4 is 21.9 Å². The molecule has 31 heavy (non-hydrogen) atoms. The molecule has 4 heterocycles. The minimum absolute atomic E-state index is 0.232. The minimum atomic E-state index is 0.232. The van der Waals surface area contributed by atoms with E-state index in [1.807, 2.05) is 18.5 Å². The average molecular weight is 414 g/mol. The lowest BCUT2D eigenvalue weighted by atomic mass is 9.85. The predicted molar refractivity (Wildman–Crippen MR) is 123 cm³/mol. The molecule has 158 valence electrons. The van der Waals surface area contributed by atoms with Gasteiger partial charge in [-0.25, -0.2) is 9.97 Å². The van der Waals surface area contributed by atoms with E-state index in [1.54, 1.807) is 0 Å². The van der Waals surface area contributed by atoms with Crippen LogP contribution < -0.4 is 10.1 Å². The monoisotopic (exact) mass is 413 g/mol. The first-order valence-electron chi connectivity index (χ1n) is 11.0. The summed E-state index contributed by atoms with van der Waals surface area (Å²) < 4.78 is 8.12. The number of likely N-dealkylation sites (N-methyl/N-ethyl adjacent to an activating group) is 1. The maximum atomic E-state index is 6.05. The zero-order valence-corrected chi connectivity index (χ0v) is 18.0. The van der Waals surface area contributed by atoms with Crippen molar-refractivity contribution in [2.75, 3.05) is 39.8 Å². The Morgan fingerprint density at radius 1 is 1.13 bits per heavy atom. The molecule has 0 saturated carbocycles. The minimum Gasteiger partial charge on any atom is -0.493 e. The second-order valence-corrected chi connectivity index (χ2v) is 9.47. The lowest BCUT2D eigenvalue weighted by Gasteiger charge is -2.38. The van der Waals surface area contributed by atoms with Gasteiger partial charge in [0.2, 0.25) is 0 Å². The zero-order chi connectivity index (χ0) is 21.0. The summed E-state index contributed by atoms with van der Waals surface area (Å²) >= 11 is 0. The van der Waals surface area contributed by atoms with Crippen molar-refractivity contribution in [2.45, 2.75) is 12.8 Å². The van der Waals surface area contributed by atoms with Crippen molar-refractivity contribution in [3.63, 3.8) is 0 Å². The maximum Gasteiger partial charge on any atom is 0.139 e. The smallest absolute Gasteiger partial charge is 0.139 e. The van der Waals surface area contributed by atoms with Crippen LogP contribution in [0.25, 0.3) is 27.8 Å². The number of hydrogen-bond donors (Lipinski definition) is 1. The Kier molecular flexibility index (Phi) is 4.26.